The Labute approximate surface area is 182 Å². The van der Waals surface area contributed by atoms with Crippen molar-refractivity contribution in [2.75, 3.05) is 0 Å². The highest BCUT2D eigenvalue weighted by Gasteiger charge is 2.19. The van der Waals surface area contributed by atoms with Crippen LogP contribution < -0.4 is 0 Å². The summed E-state index contributed by atoms with van der Waals surface area (Å²) in [6.07, 6.45) is 5.30. The van der Waals surface area contributed by atoms with Crippen LogP contribution in [0.25, 0.3) is 28.1 Å². The van der Waals surface area contributed by atoms with E-state index >= 15 is 0 Å². The first-order chi connectivity index (χ1) is 15.2. The number of rotatable bonds is 5. The molecule has 0 saturated heterocycles. The van der Waals surface area contributed by atoms with Gasteiger partial charge in [0, 0.05) is 24.5 Å². The molecule has 5 aromatic rings. The second-order valence-corrected chi connectivity index (χ2v) is 7.94. The van der Waals surface area contributed by atoms with Gasteiger partial charge in [-0.1, -0.05) is 18.2 Å². The Morgan fingerprint density at radius 1 is 1.16 bits per heavy atom. The number of pyridine rings is 2. The molecule has 31 heavy (non-hydrogen) atoms. The number of para-hydroxylation sites is 2. The van der Waals surface area contributed by atoms with Gasteiger partial charge < -0.3 is 0 Å². The number of fused-ring (bicyclic) bond motifs is 3. The maximum atomic E-state index is 9.71. The Morgan fingerprint density at radius 3 is 2.74 bits per heavy atom. The van der Waals surface area contributed by atoms with E-state index in [1.54, 1.807) is 12.4 Å². The molecule has 4 aromatic heterocycles. The lowest BCUT2D eigenvalue weighted by Crippen LogP contribution is -2.02. The topological polar surface area (TPSA) is 84.7 Å². The van der Waals surface area contributed by atoms with E-state index in [0.29, 0.717) is 17.8 Å². The SMILES string of the molecule is C=CCn1c(Sc2cc(C)c(C#N)c3nc4ccccc4n23)nnc1-c1ccncc1. The molecule has 4 heterocycles. The molecular weight excluding hydrogens is 406 g/mol. The van der Waals surface area contributed by atoms with Crippen LogP contribution in [0.15, 0.2) is 77.7 Å². The van der Waals surface area contributed by atoms with Gasteiger partial charge in [-0.05, 0) is 54.6 Å². The van der Waals surface area contributed by atoms with Gasteiger partial charge in [-0.3, -0.25) is 14.0 Å². The summed E-state index contributed by atoms with van der Waals surface area (Å²) in [7, 11) is 0. The Kier molecular flexibility index (Phi) is 4.73. The van der Waals surface area contributed by atoms with Gasteiger partial charge in [-0.25, -0.2) is 4.98 Å². The highest BCUT2D eigenvalue weighted by molar-refractivity contribution is 7.99. The van der Waals surface area contributed by atoms with Crippen LogP contribution in [0.3, 0.4) is 0 Å². The Balaban J connectivity index is 1.71. The average Bonchev–Trinajstić information content (AvgIpc) is 3.36. The summed E-state index contributed by atoms with van der Waals surface area (Å²) < 4.78 is 4.04. The summed E-state index contributed by atoms with van der Waals surface area (Å²) in [5.74, 6) is 0.752. The highest BCUT2D eigenvalue weighted by atomic mass is 32.2. The molecule has 0 saturated carbocycles. The molecule has 0 unspecified atom stereocenters. The van der Waals surface area contributed by atoms with Gasteiger partial charge in [-0.15, -0.1) is 16.8 Å². The zero-order valence-electron chi connectivity index (χ0n) is 16.7. The van der Waals surface area contributed by atoms with Crippen molar-refractivity contribution in [2.24, 2.45) is 0 Å². The minimum atomic E-state index is 0.566. The summed E-state index contributed by atoms with van der Waals surface area (Å²) in [5, 5.41) is 20.2. The van der Waals surface area contributed by atoms with Crippen molar-refractivity contribution < 1.29 is 0 Å². The molecule has 8 heteroatoms. The lowest BCUT2D eigenvalue weighted by molar-refractivity contribution is 0.730. The second-order valence-electron chi connectivity index (χ2n) is 6.96. The number of imidazole rings is 1. The van der Waals surface area contributed by atoms with E-state index in [0.717, 1.165) is 38.2 Å². The van der Waals surface area contributed by atoms with Gasteiger partial charge in [0.25, 0.3) is 0 Å². The van der Waals surface area contributed by atoms with Crippen molar-refractivity contribution in [1.82, 2.24) is 29.1 Å². The van der Waals surface area contributed by atoms with Gasteiger partial charge in [-0.2, -0.15) is 5.26 Å². The van der Waals surface area contributed by atoms with Crippen molar-refractivity contribution in [1.29, 1.82) is 5.26 Å². The number of aromatic nitrogens is 6. The first-order valence-electron chi connectivity index (χ1n) is 9.64. The monoisotopic (exact) mass is 423 g/mol. The molecule has 0 radical (unpaired) electrons. The number of nitrogens with zero attached hydrogens (tertiary/aromatic N) is 7. The third-order valence-corrected chi connectivity index (χ3v) is 6.01. The molecule has 0 aliphatic heterocycles. The van der Waals surface area contributed by atoms with E-state index in [1.807, 2.05) is 64.4 Å². The predicted molar refractivity (Wildman–Crippen MR) is 120 cm³/mol. The normalized spacial score (nSPS) is 11.1. The van der Waals surface area contributed by atoms with E-state index in [4.69, 9.17) is 4.98 Å². The fourth-order valence-electron chi connectivity index (χ4n) is 3.59. The van der Waals surface area contributed by atoms with Gasteiger partial charge in [0.1, 0.15) is 6.07 Å². The van der Waals surface area contributed by atoms with E-state index in [-0.39, 0.29) is 0 Å². The zero-order valence-corrected chi connectivity index (χ0v) is 17.5. The fraction of sp³-hybridized carbons (Fsp3) is 0.0870. The van der Waals surface area contributed by atoms with Crippen LogP contribution in [0.1, 0.15) is 11.1 Å². The molecule has 0 aliphatic rings. The minimum absolute atomic E-state index is 0.566. The Bertz CT molecular complexity index is 1480. The smallest absolute Gasteiger partial charge is 0.198 e. The molecule has 0 spiro atoms. The third kappa shape index (κ3) is 3.16. The first kappa shape index (κ1) is 19.0. The number of allylic oxidation sites excluding steroid dienone is 1. The third-order valence-electron chi connectivity index (χ3n) is 5.01. The maximum absolute atomic E-state index is 9.71. The van der Waals surface area contributed by atoms with Crippen LogP contribution >= 0.6 is 11.8 Å². The zero-order chi connectivity index (χ0) is 21.4. The van der Waals surface area contributed by atoms with Crippen LogP contribution in [0.2, 0.25) is 0 Å². The predicted octanol–water partition coefficient (Wildman–Crippen LogP) is 4.66. The summed E-state index contributed by atoms with van der Waals surface area (Å²) >= 11 is 1.49. The van der Waals surface area contributed by atoms with Crippen molar-refractivity contribution in [3.05, 3.63) is 78.6 Å². The van der Waals surface area contributed by atoms with E-state index in [1.165, 1.54) is 11.8 Å². The van der Waals surface area contributed by atoms with Gasteiger partial charge in [0.05, 0.1) is 21.6 Å². The standard InChI is InChI=1S/C23H17N7S/c1-3-12-29-21(16-8-10-25-11-9-16)27-28-23(29)31-20-13-15(2)17(14-24)22-26-18-6-4-5-7-19(18)30(20)22/h3-11,13H,1,12H2,2H3. The molecule has 0 aliphatic carbocycles. The van der Waals surface area contributed by atoms with Crippen LogP contribution in [0, 0.1) is 18.3 Å². The van der Waals surface area contributed by atoms with E-state index < -0.39 is 0 Å². The quantitative estimate of drug-likeness (QED) is 0.382. The molecular formula is C23H17N7S. The van der Waals surface area contributed by atoms with Gasteiger partial charge in [0.2, 0.25) is 0 Å². The lowest BCUT2D eigenvalue weighted by atomic mass is 10.2. The van der Waals surface area contributed by atoms with Gasteiger partial charge in [0.15, 0.2) is 16.6 Å². The van der Waals surface area contributed by atoms with E-state index in [9.17, 15) is 5.26 Å². The fourth-order valence-corrected chi connectivity index (χ4v) is 4.65. The lowest BCUT2D eigenvalue weighted by Gasteiger charge is -2.11. The minimum Gasteiger partial charge on any atom is -0.298 e. The summed E-state index contributed by atoms with van der Waals surface area (Å²) in [4.78, 5) is 8.81. The van der Waals surface area contributed by atoms with Gasteiger partial charge >= 0.3 is 0 Å². The first-order valence-corrected chi connectivity index (χ1v) is 10.5. The van der Waals surface area contributed by atoms with E-state index in [2.05, 4.69) is 27.8 Å². The average molecular weight is 424 g/mol. The van der Waals surface area contributed by atoms with Crippen molar-refractivity contribution >= 4 is 28.4 Å². The van der Waals surface area contributed by atoms with Crippen molar-refractivity contribution in [3.63, 3.8) is 0 Å². The molecule has 5 rings (SSSR count). The summed E-state index contributed by atoms with van der Waals surface area (Å²) in [5.41, 5.74) is 4.82. The number of benzene rings is 1. The largest absolute Gasteiger partial charge is 0.298 e. The summed E-state index contributed by atoms with van der Waals surface area (Å²) in [6, 6.07) is 16.0. The molecule has 0 bridgehead atoms. The van der Waals surface area contributed by atoms with Crippen LogP contribution in [0.5, 0.6) is 0 Å². The molecule has 1 aromatic carbocycles. The summed E-state index contributed by atoms with van der Waals surface area (Å²) in [6.45, 7) is 6.38. The van der Waals surface area contributed by atoms with Crippen LogP contribution in [-0.2, 0) is 6.54 Å². The molecule has 0 amide bonds. The van der Waals surface area contributed by atoms with Crippen LogP contribution in [-0.4, -0.2) is 29.1 Å². The second kappa shape index (κ2) is 7.70. The Hall–Kier alpha value is -3.96. The Morgan fingerprint density at radius 2 is 1.97 bits per heavy atom. The number of hydrogen-bond donors (Lipinski definition) is 0. The molecule has 0 fully saturated rings. The number of aryl methyl sites for hydroxylation is 1. The number of hydrogen-bond acceptors (Lipinski definition) is 6. The number of nitriles is 1. The molecule has 7 nitrogen and oxygen atoms in total. The molecule has 0 atom stereocenters. The molecule has 150 valence electrons. The van der Waals surface area contributed by atoms with Crippen molar-refractivity contribution in [2.45, 2.75) is 23.7 Å². The van der Waals surface area contributed by atoms with Crippen molar-refractivity contribution in [3.8, 4) is 17.5 Å². The van der Waals surface area contributed by atoms with Crippen LogP contribution in [0.4, 0.5) is 0 Å². The highest BCUT2D eigenvalue weighted by Crippen LogP contribution is 2.34. The molecule has 0 N–H and O–H groups in total. The maximum Gasteiger partial charge on any atom is 0.198 e.